The fourth-order valence-corrected chi connectivity index (χ4v) is 2.68. The number of nitrogens with one attached hydrogen (secondary N) is 1. The lowest BCUT2D eigenvalue weighted by Crippen LogP contribution is -2.22. The third-order valence-corrected chi connectivity index (χ3v) is 4.04. The number of hydrogen-bond acceptors (Lipinski definition) is 1. The first-order valence-corrected chi connectivity index (χ1v) is 8.17. The molecule has 1 atom stereocenters. The molecule has 2 rings (SSSR count). The van der Waals surface area contributed by atoms with Crippen LogP contribution < -0.4 is 5.32 Å². The molecule has 0 fully saturated rings. The minimum atomic E-state index is 0.563. The van der Waals surface area contributed by atoms with E-state index in [1.54, 1.807) is 0 Å². The zero-order valence-corrected chi connectivity index (χ0v) is 13.4. The summed E-state index contributed by atoms with van der Waals surface area (Å²) in [7, 11) is 0. The van der Waals surface area contributed by atoms with E-state index in [9.17, 15) is 0 Å². The molecule has 0 saturated carbocycles. The Balaban J connectivity index is 1.96. The van der Waals surface area contributed by atoms with Crippen molar-refractivity contribution in [3.05, 3.63) is 70.7 Å². The molecule has 2 heteroatoms. The van der Waals surface area contributed by atoms with Crippen LogP contribution in [0.15, 0.2) is 54.6 Å². The normalized spacial score (nSPS) is 12.3. The van der Waals surface area contributed by atoms with Crippen LogP contribution >= 0.6 is 11.6 Å². The molecule has 0 amide bonds. The number of benzene rings is 2. The third kappa shape index (κ3) is 5.53. The maximum Gasteiger partial charge on any atom is 0.0406 e. The van der Waals surface area contributed by atoms with Crippen molar-refractivity contribution < 1.29 is 0 Å². The number of aryl methyl sites for hydroxylation is 1. The summed E-state index contributed by atoms with van der Waals surface area (Å²) in [5.74, 6) is 0.563. The highest BCUT2D eigenvalue weighted by Crippen LogP contribution is 2.22. The first kappa shape index (κ1) is 16.1. The summed E-state index contributed by atoms with van der Waals surface area (Å²) in [6, 6.07) is 19.0. The Hall–Kier alpha value is -1.31. The highest BCUT2D eigenvalue weighted by atomic mass is 35.5. The van der Waals surface area contributed by atoms with Crippen molar-refractivity contribution in [1.29, 1.82) is 0 Å². The predicted octanol–water partition coefficient (Wildman–Crippen LogP) is 5.06. The van der Waals surface area contributed by atoms with Crippen molar-refractivity contribution in [2.45, 2.75) is 32.1 Å². The van der Waals surface area contributed by atoms with E-state index in [1.807, 2.05) is 12.1 Å². The first-order chi connectivity index (χ1) is 10.3. The largest absolute Gasteiger partial charge is 0.316 e. The van der Waals surface area contributed by atoms with Gasteiger partial charge in [0, 0.05) is 11.6 Å². The lowest BCUT2D eigenvalue weighted by Gasteiger charge is -2.18. The van der Waals surface area contributed by atoms with Crippen LogP contribution in [0, 0.1) is 0 Å². The summed E-state index contributed by atoms with van der Waals surface area (Å²) in [6.45, 7) is 4.34. The molecular weight excluding hydrogens is 278 g/mol. The van der Waals surface area contributed by atoms with E-state index in [4.69, 9.17) is 11.6 Å². The highest BCUT2D eigenvalue weighted by molar-refractivity contribution is 6.30. The fraction of sp³-hybridized carbons (Fsp3) is 0.368. The van der Waals surface area contributed by atoms with Crippen molar-refractivity contribution in [3.63, 3.8) is 0 Å². The van der Waals surface area contributed by atoms with Gasteiger partial charge in [0.15, 0.2) is 0 Å². The topological polar surface area (TPSA) is 12.0 Å². The second kappa shape index (κ2) is 8.86. The van der Waals surface area contributed by atoms with Crippen LogP contribution in [0.5, 0.6) is 0 Å². The molecule has 1 nitrogen and oxygen atoms in total. The third-order valence-electron chi connectivity index (χ3n) is 3.78. The summed E-state index contributed by atoms with van der Waals surface area (Å²) in [6.07, 6.45) is 3.42. The van der Waals surface area contributed by atoms with E-state index < -0.39 is 0 Å². The van der Waals surface area contributed by atoms with Crippen molar-refractivity contribution in [1.82, 2.24) is 5.32 Å². The lowest BCUT2D eigenvalue weighted by molar-refractivity contribution is 0.548. The Kier molecular flexibility index (Phi) is 6.78. The van der Waals surface area contributed by atoms with Gasteiger partial charge in [0.1, 0.15) is 0 Å². The SMILES string of the molecule is CCCNCC(CCc1ccc(Cl)cc1)c1ccccc1. The molecular formula is C19H24ClN. The van der Waals surface area contributed by atoms with Gasteiger partial charge in [0.25, 0.3) is 0 Å². The maximum absolute atomic E-state index is 5.94. The number of rotatable bonds is 8. The standard InChI is InChI=1S/C19H24ClN/c1-2-14-21-15-18(17-6-4-3-5-7-17)11-8-16-9-12-19(20)13-10-16/h3-7,9-10,12-13,18,21H,2,8,11,14-15H2,1H3. The molecule has 1 unspecified atom stereocenters. The minimum absolute atomic E-state index is 0.563. The van der Waals surface area contributed by atoms with Gasteiger partial charge in [-0.25, -0.2) is 0 Å². The smallest absolute Gasteiger partial charge is 0.0406 e. The molecule has 0 bridgehead atoms. The molecule has 2 aromatic rings. The van der Waals surface area contributed by atoms with Gasteiger partial charge in [-0.1, -0.05) is 61.0 Å². The van der Waals surface area contributed by atoms with E-state index >= 15 is 0 Å². The molecule has 0 aliphatic rings. The molecule has 1 N–H and O–H groups in total. The van der Waals surface area contributed by atoms with Gasteiger partial charge in [-0.15, -0.1) is 0 Å². The lowest BCUT2D eigenvalue weighted by atomic mass is 9.92. The van der Waals surface area contributed by atoms with E-state index in [1.165, 1.54) is 17.5 Å². The molecule has 0 aromatic heterocycles. The van der Waals surface area contributed by atoms with Crippen LogP contribution in [0.25, 0.3) is 0 Å². The molecule has 112 valence electrons. The van der Waals surface area contributed by atoms with Gasteiger partial charge in [-0.2, -0.15) is 0 Å². The second-order valence-corrected chi connectivity index (χ2v) is 5.91. The van der Waals surface area contributed by atoms with Crippen LogP contribution in [0.2, 0.25) is 5.02 Å². The van der Waals surface area contributed by atoms with Gasteiger partial charge in [0.05, 0.1) is 0 Å². The second-order valence-electron chi connectivity index (χ2n) is 5.48. The Morgan fingerprint density at radius 2 is 1.71 bits per heavy atom. The summed E-state index contributed by atoms with van der Waals surface area (Å²) in [4.78, 5) is 0. The Labute approximate surface area is 133 Å². The van der Waals surface area contributed by atoms with E-state index in [-0.39, 0.29) is 0 Å². The predicted molar refractivity (Wildman–Crippen MR) is 92.1 cm³/mol. The molecule has 0 aliphatic carbocycles. The van der Waals surface area contributed by atoms with Crippen LogP contribution in [-0.2, 0) is 6.42 Å². The van der Waals surface area contributed by atoms with E-state index in [0.717, 1.165) is 31.0 Å². The van der Waals surface area contributed by atoms with Crippen molar-refractivity contribution in [2.75, 3.05) is 13.1 Å². The summed E-state index contributed by atoms with van der Waals surface area (Å²) < 4.78 is 0. The monoisotopic (exact) mass is 301 g/mol. The van der Waals surface area contributed by atoms with Crippen LogP contribution in [-0.4, -0.2) is 13.1 Å². The quantitative estimate of drug-likeness (QED) is 0.672. The minimum Gasteiger partial charge on any atom is -0.316 e. The van der Waals surface area contributed by atoms with E-state index in [0.29, 0.717) is 5.92 Å². The number of halogens is 1. The fourth-order valence-electron chi connectivity index (χ4n) is 2.56. The summed E-state index contributed by atoms with van der Waals surface area (Å²) in [5, 5.41) is 4.37. The molecule has 0 aliphatic heterocycles. The molecule has 0 radical (unpaired) electrons. The Morgan fingerprint density at radius 1 is 1.00 bits per heavy atom. The van der Waals surface area contributed by atoms with Gasteiger partial charge < -0.3 is 5.32 Å². The Morgan fingerprint density at radius 3 is 2.38 bits per heavy atom. The van der Waals surface area contributed by atoms with Gasteiger partial charge in [-0.05, 0) is 55.0 Å². The zero-order chi connectivity index (χ0) is 14.9. The first-order valence-electron chi connectivity index (χ1n) is 7.79. The molecule has 0 spiro atoms. The van der Waals surface area contributed by atoms with Crippen molar-refractivity contribution >= 4 is 11.6 Å². The average Bonchev–Trinajstić information content (AvgIpc) is 2.53. The number of hydrogen-bond donors (Lipinski definition) is 1. The van der Waals surface area contributed by atoms with Gasteiger partial charge in [0.2, 0.25) is 0 Å². The zero-order valence-electron chi connectivity index (χ0n) is 12.7. The molecule has 0 heterocycles. The van der Waals surface area contributed by atoms with E-state index in [2.05, 4.69) is 54.7 Å². The van der Waals surface area contributed by atoms with Crippen molar-refractivity contribution in [3.8, 4) is 0 Å². The Bertz CT molecular complexity index is 507. The molecule has 2 aromatic carbocycles. The maximum atomic E-state index is 5.94. The van der Waals surface area contributed by atoms with Crippen LogP contribution in [0.3, 0.4) is 0 Å². The van der Waals surface area contributed by atoms with Crippen molar-refractivity contribution in [2.24, 2.45) is 0 Å². The summed E-state index contributed by atoms with van der Waals surface area (Å²) >= 11 is 5.94. The summed E-state index contributed by atoms with van der Waals surface area (Å²) in [5.41, 5.74) is 2.78. The molecule has 21 heavy (non-hydrogen) atoms. The van der Waals surface area contributed by atoms with Gasteiger partial charge >= 0.3 is 0 Å². The van der Waals surface area contributed by atoms with Crippen LogP contribution in [0.1, 0.15) is 36.8 Å². The van der Waals surface area contributed by atoms with Gasteiger partial charge in [-0.3, -0.25) is 0 Å². The average molecular weight is 302 g/mol. The highest BCUT2D eigenvalue weighted by Gasteiger charge is 2.11. The molecule has 0 saturated heterocycles. The van der Waals surface area contributed by atoms with Crippen LogP contribution in [0.4, 0.5) is 0 Å².